The lowest BCUT2D eigenvalue weighted by Crippen LogP contribution is -2.52. The summed E-state index contributed by atoms with van der Waals surface area (Å²) in [4.78, 5) is 52.0. The van der Waals surface area contributed by atoms with E-state index in [-0.39, 0.29) is 22.8 Å². The minimum absolute atomic E-state index is 0.122. The van der Waals surface area contributed by atoms with Gasteiger partial charge in [0.25, 0.3) is 0 Å². The largest absolute Gasteiger partial charge is 0.477 e. The zero-order chi connectivity index (χ0) is 24.0. The SMILES string of the molecule is Cc1ccnc(NC(=O)C2CN(c3cc(C)c4c(=O)c(C(=O)O)cn(-c5ncns5)c4n3)C2)c1. The smallest absolute Gasteiger partial charge is 0.341 e. The van der Waals surface area contributed by atoms with Crippen LogP contribution >= 0.6 is 11.5 Å². The third kappa shape index (κ3) is 3.77. The van der Waals surface area contributed by atoms with E-state index in [1.54, 1.807) is 25.3 Å². The zero-order valence-electron chi connectivity index (χ0n) is 18.2. The number of carbonyl (C=O) groups is 2. The van der Waals surface area contributed by atoms with E-state index >= 15 is 0 Å². The average Bonchev–Trinajstić information content (AvgIpc) is 3.27. The Morgan fingerprint density at radius 3 is 2.68 bits per heavy atom. The minimum Gasteiger partial charge on any atom is -0.477 e. The number of carboxylic acid groups (broad SMARTS) is 1. The van der Waals surface area contributed by atoms with Gasteiger partial charge >= 0.3 is 5.97 Å². The molecule has 5 heterocycles. The summed E-state index contributed by atoms with van der Waals surface area (Å²) in [5.74, 6) is -0.584. The summed E-state index contributed by atoms with van der Waals surface area (Å²) in [6, 6.07) is 5.39. The number of carbonyl (C=O) groups excluding carboxylic acids is 1. The Morgan fingerprint density at radius 1 is 1.21 bits per heavy atom. The number of carboxylic acids is 1. The van der Waals surface area contributed by atoms with Crippen LogP contribution in [-0.4, -0.2) is 54.0 Å². The van der Waals surface area contributed by atoms with Gasteiger partial charge in [0.05, 0.1) is 11.3 Å². The van der Waals surface area contributed by atoms with Gasteiger partial charge in [0, 0.05) is 37.0 Å². The lowest BCUT2D eigenvalue weighted by atomic mass is 9.98. The number of nitrogens with zero attached hydrogens (tertiary/aromatic N) is 6. The van der Waals surface area contributed by atoms with E-state index in [1.807, 2.05) is 17.9 Å². The maximum absolute atomic E-state index is 12.9. The summed E-state index contributed by atoms with van der Waals surface area (Å²) in [5.41, 5.74) is 0.905. The molecule has 11 nitrogen and oxygen atoms in total. The van der Waals surface area contributed by atoms with E-state index in [2.05, 4.69) is 24.6 Å². The number of amides is 1. The Balaban J connectivity index is 1.46. The molecule has 0 radical (unpaired) electrons. The predicted molar refractivity (Wildman–Crippen MR) is 126 cm³/mol. The van der Waals surface area contributed by atoms with Gasteiger partial charge in [-0.15, -0.1) is 0 Å². The lowest BCUT2D eigenvalue weighted by molar-refractivity contribution is -0.120. The van der Waals surface area contributed by atoms with Crippen molar-refractivity contribution in [2.75, 3.05) is 23.3 Å². The molecule has 4 aromatic heterocycles. The molecule has 0 unspecified atom stereocenters. The highest BCUT2D eigenvalue weighted by Crippen LogP contribution is 2.28. The van der Waals surface area contributed by atoms with Gasteiger partial charge in [-0.25, -0.2) is 19.7 Å². The summed E-state index contributed by atoms with van der Waals surface area (Å²) in [7, 11) is 0. The molecule has 1 saturated heterocycles. The first-order valence-electron chi connectivity index (χ1n) is 10.4. The molecular weight excluding hydrogens is 458 g/mol. The second kappa shape index (κ2) is 8.30. The van der Waals surface area contributed by atoms with Crippen LogP contribution in [0.5, 0.6) is 0 Å². The first-order chi connectivity index (χ1) is 16.3. The lowest BCUT2D eigenvalue weighted by Gasteiger charge is -2.39. The van der Waals surface area contributed by atoms with Gasteiger partial charge in [0.1, 0.15) is 23.5 Å². The second-order valence-corrected chi connectivity index (χ2v) is 8.83. The Morgan fingerprint density at radius 2 is 2.00 bits per heavy atom. The van der Waals surface area contributed by atoms with Crippen molar-refractivity contribution in [1.29, 1.82) is 0 Å². The fraction of sp³-hybridized carbons (Fsp3) is 0.227. The fourth-order valence-electron chi connectivity index (χ4n) is 3.88. The number of aromatic carboxylic acids is 1. The molecule has 1 amide bonds. The molecule has 1 fully saturated rings. The highest BCUT2D eigenvalue weighted by atomic mass is 32.1. The molecule has 5 rings (SSSR count). The van der Waals surface area contributed by atoms with Crippen LogP contribution in [0.4, 0.5) is 11.6 Å². The van der Waals surface area contributed by atoms with E-state index in [9.17, 15) is 19.5 Å². The topological polar surface area (TPSA) is 143 Å². The monoisotopic (exact) mass is 477 g/mol. The number of fused-ring (bicyclic) bond motifs is 1. The molecular formula is C22H19N7O4S. The molecule has 1 aliphatic rings. The Kier molecular flexibility index (Phi) is 5.28. The number of pyridine rings is 3. The average molecular weight is 478 g/mol. The number of hydrogen-bond donors (Lipinski definition) is 2. The van der Waals surface area contributed by atoms with Crippen molar-refractivity contribution >= 4 is 46.1 Å². The van der Waals surface area contributed by atoms with Crippen LogP contribution in [0.2, 0.25) is 0 Å². The molecule has 34 heavy (non-hydrogen) atoms. The van der Waals surface area contributed by atoms with Crippen LogP contribution in [-0.2, 0) is 4.79 Å². The molecule has 0 bridgehead atoms. The molecule has 2 N–H and O–H groups in total. The van der Waals surface area contributed by atoms with Gasteiger partial charge in [0.15, 0.2) is 5.65 Å². The third-order valence-corrected chi connectivity index (χ3v) is 6.34. The van der Waals surface area contributed by atoms with E-state index in [4.69, 9.17) is 0 Å². The minimum atomic E-state index is -1.33. The van der Waals surface area contributed by atoms with Gasteiger partial charge in [-0.05, 0) is 43.2 Å². The molecule has 0 spiro atoms. The van der Waals surface area contributed by atoms with Gasteiger partial charge in [-0.1, -0.05) is 0 Å². The standard InChI is InChI=1S/C22H19N7O4S/c1-11-3-4-23-15(5-11)26-20(31)13-7-28(8-13)16-6-12(2)17-18(30)14(21(32)33)9-29(19(17)27-16)22-24-10-25-34-22/h3-6,9-10,13H,7-8H2,1-2H3,(H,32,33)(H,23,26,31). The van der Waals surface area contributed by atoms with Crippen LogP contribution in [0.1, 0.15) is 21.5 Å². The van der Waals surface area contributed by atoms with Crippen molar-refractivity contribution in [1.82, 2.24) is 23.9 Å². The third-order valence-electron chi connectivity index (χ3n) is 5.67. The summed E-state index contributed by atoms with van der Waals surface area (Å²) >= 11 is 1.06. The highest BCUT2D eigenvalue weighted by Gasteiger charge is 2.34. The molecule has 1 aliphatic heterocycles. The fourth-order valence-corrected chi connectivity index (χ4v) is 4.39. The van der Waals surface area contributed by atoms with Crippen LogP contribution < -0.4 is 15.6 Å². The van der Waals surface area contributed by atoms with E-state index < -0.39 is 11.4 Å². The number of hydrogen-bond acceptors (Lipinski definition) is 9. The first kappa shape index (κ1) is 21.6. The van der Waals surface area contributed by atoms with E-state index in [1.165, 1.54) is 17.1 Å². The summed E-state index contributed by atoms with van der Waals surface area (Å²) in [6.45, 7) is 4.56. The van der Waals surface area contributed by atoms with E-state index in [0.717, 1.165) is 17.1 Å². The number of nitrogens with one attached hydrogen (secondary N) is 1. The van der Waals surface area contributed by atoms with Crippen molar-refractivity contribution in [2.45, 2.75) is 13.8 Å². The molecule has 172 valence electrons. The summed E-state index contributed by atoms with van der Waals surface area (Å²) < 4.78 is 5.45. The first-order valence-corrected chi connectivity index (χ1v) is 11.1. The van der Waals surface area contributed by atoms with Crippen molar-refractivity contribution < 1.29 is 14.7 Å². The van der Waals surface area contributed by atoms with Gasteiger partial charge < -0.3 is 15.3 Å². The van der Waals surface area contributed by atoms with Crippen molar-refractivity contribution in [3.63, 3.8) is 0 Å². The zero-order valence-corrected chi connectivity index (χ0v) is 19.0. The highest BCUT2D eigenvalue weighted by molar-refractivity contribution is 7.08. The van der Waals surface area contributed by atoms with Crippen molar-refractivity contribution in [2.24, 2.45) is 5.92 Å². The quantitative estimate of drug-likeness (QED) is 0.441. The molecule has 0 aromatic carbocycles. The molecule has 0 atom stereocenters. The van der Waals surface area contributed by atoms with Crippen LogP contribution in [0.25, 0.3) is 16.2 Å². The Bertz CT molecular complexity index is 1490. The van der Waals surface area contributed by atoms with Gasteiger partial charge in [0.2, 0.25) is 16.5 Å². The number of rotatable bonds is 5. The van der Waals surface area contributed by atoms with Crippen molar-refractivity contribution in [3.05, 3.63) is 63.8 Å². The van der Waals surface area contributed by atoms with Crippen LogP contribution in [0.3, 0.4) is 0 Å². The number of aromatic nitrogens is 5. The maximum Gasteiger partial charge on any atom is 0.341 e. The number of aryl methyl sites for hydroxylation is 2. The van der Waals surface area contributed by atoms with Crippen molar-refractivity contribution in [3.8, 4) is 5.13 Å². The maximum atomic E-state index is 12.9. The Hall–Kier alpha value is -4.19. The molecule has 0 aliphatic carbocycles. The van der Waals surface area contributed by atoms with Gasteiger partial charge in [-0.2, -0.15) is 4.37 Å². The van der Waals surface area contributed by atoms with Gasteiger partial charge in [-0.3, -0.25) is 14.2 Å². The molecule has 4 aromatic rings. The number of anilines is 2. The van der Waals surface area contributed by atoms with Crippen LogP contribution in [0, 0.1) is 19.8 Å². The summed E-state index contributed by atoms with van der Waals surface area (Å²) in [6.07, 6.45) is 4.22. The van der Waals surface area contributed by atoms with Crippen LogP contribution in [0.15, 0.2) is 41.7 Å². The molecule has 12 heteroatoms. The predicted octanol–water partition coefficient (Wildman–Crippen LogP) is 2.02. The molecule has 0 saturated carbocycles. The summed E-state index contributed by atoms with van der Waals surface area (Å²) in [5, 5.41) is 13.0. The Labute approximate surface area is 196 Å². The second-order valence-electron chi connectivity index (χ2n) is 8.08. The van der Waals surface area contributed by atoms with E-state index in [0.29, 0.717) is 41.1 Å². The normalized spacial score (nSPS) is 13.6.